The topological polar surface area (TPSA) is 106 Å². The fraction of sp³-hybridized carbons (Fsp3) is 0.441. The van der Waals surface area contributed by atoms with Gasteiger partial charge in [-0.05, 0) is 67.0 Å². The lowest BCUT2D eigenvalue weighted by Crippen LogP contribution is -2.39. The summed E-state index contributed by atoms with van der Waals surface area (Å²) in [4.78, 5) is 70.7. The summed E-state index contributed by atoms with van der Waals surface area (Å²) in [5.41, 5.74) is 2.59. The summed E-state index contributed by atoms with van der Waals surface area (Å²) in [6.07, 6.45) is 2.98. The molecule has 0 bridgehead atoms. The van der Waals surface area contributed by atoms with Crippen LogP contribution in [0.4, 0.5) is 5.69 Å². The number of amides is 3. The van der Waals surface area contributed by atoms with Crippen LogP contribution in [0.3, 0.4) is 0 Å². The van der Waals surface area contributed by atoms with E-state index in [1.54, 1.807) is 31.2 Å². The molecule has 4 heterocycles. The van der Waals surface area contributed by atoms with Crippen molar-refractivity contribution in [3.63, 3.8) is 0 Å². The second kappa shape index (κ2) is 12.2. The van der Waals surface area contributed by atoms with Crippen LogP contribution in [-0.4, -0.2) is 58.1 Å². The Bertz CT molecular complexity index is 1700. The minimum Gasteiger partial charge on any atom is -0.462 e. The Kier molecular flexibility index (Phi) is 8.51. The molecule has 0 N–H and O–H groups in total. The average molecular weight is 648 g/mol. The van der Waals surface area contributed by atoms with Crippen LogP contribution in [0.1, 0.15) is 79.2 Å². The molecule has 6 rings (SSSR count). The Morgan fingerprint density at radius 2 is 1.58 bits per heavy atom. The van der Waals surface area contributed by atoms with E-state index in [-0.39, 0.29) is 41.2 Å². The number of thiazole rings is 1. The minimum atomic E-state index is -0.785. The first-order valence-electron chi connectivity index (χ1n) is 15.4. The van der Waals surface area contributed by atoms with E-state index >= 15 is 0 Å². The van der Waals surface area contributed by atoms with Crippen molar-refractivity contribution in [3.05, 3.63) is 79.8 Å². The third kappa shape index (κ3) is 5.76. The summed E-state index contributed by atoms with van der Waals surface area (Å²) < 4.78 is 6.58. The van der Waals surface area contributed by atoms with Gasteiger partial charge in [0.1, 0.15) is 11.8 Å². The predicted molar refractivity (Wildman–Crippen MR) is 174 cm³/mol. The van der Waals surface area contributed by atoms with Crippen molar-refractivity contribution >= 4 is 52.5 Å². The van der Waals surface area contributed by atoms with Gasteiger partial charge in [-0.2, -0.15) is 0 Å². The van der Waals surface area contributed by atoms with Gasteiger partial charge in [0.25, 0.3) is 0 Å². The highest BCUT2D eigenvalue weighted by Gasteiger charge is 2.57. The highest BCUT2D eigenvalue weighted by atomic mass is 32.2. The zero-order valence-corrected chi connectivity index (χ0v) is 27.5. The lowest BCUT2D eigenvalue weighted by Gasteiger charge is -2.31. The van der Waals surface area contributed by atoms with E-state index in [2.05, 4.69) is 20.8 Å². The average Bonchev–Trinajstić information content (AvgIpc) is 3.47. The normalized spacial score (nSPS) is 21.5. The highest BCUT2D eigenvalue weighted by Crippen LogP contribution is 2.54. The number of anilines is 1. The van der Waals surface area contributed by atoms with Crippen molar-refractivity contribution in [3.8, 4) is 0 Å². The Balaban J connectivity index is 1.40. The van der Waals surface area contributed by atoms with Gasteiger partial charge >= 0.3 is 10.8 Å². The molecule has 0 radical (unpaired) electrons. The van der Waals surface area contributed by atoms with Gasteiger partial charge in [-0.15, -0.1) is 0 Å². The number of likely N-dealkylation sites (tertiary alicyclic amines) is 1. The van der Waals surface area contributed by atoms with Crippen molar-refractivity contribution in [1.82, 2.24) is 9.47 Å². The standard InChI is InChI=1S/C34H37N3O6S2/c1-5-43-32(41)21-11-15-23(16-12-21)37-29(39)26-25(20-9-13-22(14-10-20)34(2,3)4)28-31(44-27(26)30(37)40)36(33(42)45-28)19-24(38)35-17-7-6-8-18-35/h9-16,25-27H,5-8,17-19H2,1-4H3/t25-,26+,27-/m0/s1. The molecule has 3 amide bonds. The Morgan fingerprint density at radius 3 is 2.20 bits per heavy atom. The molecular weight excluding hydrogens is 611 g/mol. The number of hydrogen-bond acceptors (Lipinski definition) is 8. The maximum absolute atomic E-state index is 14.2. The minimum absolute atomic E-state index is 0.0801. The van der Waals surface area contributed by atoms with Crippen molar-refractivity contribution in [2.75, 3.05) is 24.6 Å². The van der Waals surface area contributed by atoms with E-state index in [0.29, 0.717) is 34.2 Å². The first-order chi connectivity index (χ1) is 21.5. The number of nitrogens with zero attached hydrogens (tertiary/aromatic N) is 3. The van der Waals surface area contributed by atoms with E-state index in [0.717, 1.165) is 41.7 Å². The van der Waals surface area contributed by atoms with E-state index in [9.17, 15) is 24.0 Å². The number of aromatic nitrogens is 1. The number of rotatable bonds is 6. The quantitative estimate of drug-likeness (QED) is 0.268. The van der Waals surface area contributed by atoms with Crippen LogP contribution in [0.5, 0.6) is 0 Å². The molecule has 0 saturated carbocycles. The zero-order valence-electron chi connectivity index (χ0n) is 25.9. The molecule has 2 fully saturated rings. The molecular formula is C34H37N3O6S2. The molecule has 2 saturated heterocycles. The second-order valence-corrected chi connectivity index (χ2v) is 14.9. The van der Waals surface area contributed by atoms with E-state index in [4.69, 9.17) is 4.74 Å². The third-order valence-electron chi connectivity index (χ3n) is 8.82. The Hall–Kier alpha value is -3.70. The van der Waals surface area contributed by atoms with Gasteiger partial charge in [-0.25, -0.2) is 9.69 Å². The second-order valence-electron chi connectivity index (χ2n) is 12.8. The van der Waals surface area contributed by atoms with Gasteiger partial charge in [0.15, 0.2) is 0 Å². The van der Waals surface area contributed by atoms with Gasteiger partial charge in [0.05, 0.1) is 28.8 Å². The summed E-state index contributed by atoms with van der Waals surface area (Å²) >= 11 is 2.27. The number of benzene rings is 2. The maximum Gasteiger partial charge on any atom is 0.338 e. The number of ether oxygens (including phenoxy) is 1. The summed E-state index contributed by atoms with van der Waals surface area (Å²) in [5, 5.41) is -0.200. The fourth-order valence-electron chi connectivity index (χ4n) is 6.40. The molecule has 3 aliphatic rings. The smallest absolute Gasteiger partial charge is 0.338 e. The SMILES string of the molecule is CCOC(=O)c1ccc(N2C(=O)[C@@H]3[C@H](c4ccc(C(C)(C)C)cc4)c4sc(=O)n(CC(=O)N5CCCCC5)c4S[C@@H]3C2=O)cc1. The molecule has 3 atom stereocenters. The summed E-state index contributed by atoms with van der Waals surface area (Å²) in [7, 11) is 0. The van der Waals surface area contributed by atoms with Crippen LogP contribution in [0.2, 0.25) is 0 Å². The van der Waals surface area contributed by atoms with E-state index in [1.807, 2.05) is 29.2 Å². The molecule has 1 aromatic heterocycles. The number of thioether (sulfide) groups is 1. The van der Waals surface area contributed by atoms with Crippen LogP contribution in [0.15, 0.2) is 58.4 Å². The molecule has 45 heavy (non-hydrogen) atoms. The molecule has 11 heteroatoms. The van der Waals surface area contributed by atoms with Gasteiger partial charge in [0, 0.05) is 23.9 Å². The lowest BCUT2D eigenvalue weighted by molar-refractivity contribution is -0.133. The number of carbonyl (C=O) groups is 4. The summed E-state index contributed by atoms with van der Waals surface area (Å²) in [6, 6.07) is 14.3. The Labute approximate surface area is 270 Å². The molecule has 0 aliphatic carbocycles. The fourth-order valence-corrected chi connectivity index (χ4v) is 9.17. The summed E-state index contributed by atoms with van der Waals surface area (Å²) in [6.45, 7) is 9.61. The number of hydrogen-bond donors (Lipinski definition) is 0. The summed E-state index contributed by atoms with van der Waals surface area (Å²) in [5.74, 6) is -2.60. The molecule has 9 nitrogen and oxygen atoms in total. The maximum atomic E-state index is 14.2. The third-order valence-corrected chi connectivity index (χ3v) is 11.4. The number of imide groups is 1. The van der Waals surface area contributed by atoms with Crippen LogP contribution in [0.25, 0.3) is 0 Å². The molecule has 0 unspecified atom stereocenters. The van der Waals surface area contributed by atoms with Gasteiger partial charge in [-0.1, -0.05) is 68.1 Å². The molecule has 3 aromatic rings. The molecule has 2 aromatic carbocycles. The van der Waals surface area contributed by atoms with Crippen molar-refractivity contribution < 1.29 is 23.9 Å². The van der Waals surface area contributed by atoms with Gasteiger partial charge in [0.2, 0.25) is 17.7 Å². The van der Waals surface area contributed by atoms with Crippen molar-refractivity contribution in [1.29, 1.82) is 0 Å². The van der Waals surface area contributed by atoms with Gasteiger partial charge < -0.3 is 9.64 Å². The number of piperidine rings is 1. The van der Waals surface area contributed by atoms with Crippen LogP contribution < -0.4 is 9.77 Å². The number of carbonyl (C=O) groups excluding carboxylic acids is 4. The lowest BCUT2D eigenvalue weighted by atomic mass is 9.81. The van der Waals surface area contributed by atoms with Gasteiger partial charge in [-0.3, -0.25) is 23.7 Å². The monoisotopic (exact) mass is 647 g/mol. The highest BCUT2D eigenvalue weighted by molar-refractivity contribution is 8.00. The number of esters is 1. The first-order valence-corrected chi connectivity index (χ1v) is 17.1. The predicted octanol–water partition coefficient (Wildman–Crippen LogP) is 5.19. The largest absolute Gasteiger partial charge is 0.462 e. The van der Waals surface area contributed by atoms with Crippen molar-refractivity contribution in [2.45, 2.75) is 75.1 Å². The Morgan fingerprint density at radius 1 is 0.911 bits per heavy atom. The van der Waals surface area contributed by atoms with E-state index < -0.39 is 23.1 Å². The molecule has 0 spiro atoms. The van der Waals surface area contributed by atoms with Crippen LogP contribution in [-0.2, 0) is 31.1 Å². The van der Waals surface area contributed by atoms with Crippen LogP contribution >= 0.6 is 23.1 Å². The first kappa shape index (κ1) is 31.3. The zero-order chi connectivity index (χ0) is 32.0. The van der Waals surface area contributed by atoms with E-state index in [1.165, 1.54) is 21.2 Å². The van der Waals surface area contributed by atoms with Crippen molar-refractivity contribution in [2.24, 2.45) is 5.92 Å². The van der Waals surface area contributed by atoms with Crippen LogP contribution in [0, 0.1) is 5.92 Å². The molecule has 3 aliphatic heterocycles. The molecule has 236 valence electrons. The number of fused-ring (bicyclic) bond motifs is 2.